The third kappa shape index (κ3) is 5.35. The second-order valence-electron chi connectivity index (χ2n) is 4.60. The molecule has 0 saturated carbocycles. The van der Waals surface area contributed by atoms with Crippen molar-refractivity contribution < 1.29 is 13.2 Å². The maximum Gasteiger partial charge on any atom is 0.257 e. The number of hydrogen-bond acceptors (Lipinski definition) is 3. The number of nitrogens with one attached hydrogen (secondary N) is 1. The van der Waals surface area contributed by atoms with Gasteiger partial charge in [0.1, 0.15) is 0 Å². The van der Waals surface area contributed by atoms with Crippen molar-refractivity contribution in [2.24, 2.45) is 0 Å². The van der Waals surface area contributed by atoms with Gasteiger partial charge in [0.2, 0.25) is 10.0 Å². The molecule has 0 heterocycles. The number of sulfonamides is 1. The Hall–Kier alpha value is -2.11. The van der Waals surface area contributed by atoms with Gasteiger partial charge in [-0.15, -0.1) is 0 Å². The molecule has 0 unspecified atom stereocenters. The predicted octanol–water partition coefficient (Wildman–Crippen LogP) is 3.00. The standard InChI is InChI=1S/C16H14ClNO3S/c17-15-9-6-13(7-10-15)8-11-16(19)18-22(20,21)12-14-4-2-1-3-5-14/h1-11H,12H2,(H,18,19)/b11-8+. The molecular formula is C16H14ClNO3S. The summed E-state index contributed by atoms with van der Waals surface area (Å²) in [5.41, 5.74) is 1.37. The van der Waals surface area contributed by atoms with E-state index in [9.17, 15) is 13.2 Å². The number of hydrogen-bond donors (Lipinski definition) is 1. The zero-order valence-corrected chi connectivity index (χ0v) is 13.1. The van der Waals surface area contributed by atoms with E-state index in [4.69, 9.17) is 11.6 Å². The molecule has 0 aliphatic heterocycles. The summed E-state index contributed by atoms with van der Waals surface area (Å²) >= 11 is 5.76. The van der Waals surface area contributed by atoms with Gasteiger partial charge in [-0.1, -0.05) is 54.1 Å². The molecule has 114 valence electrons. The summed E-state index contributed by atoms with van der Waals surface area (Å²) in [6.45, 7) is 0. The molecule has 4 nitrogen and oxygen atoms in total. The molecule has 0 spiro atoms. The molecule has 0 atom stereocenters. The fourth-order valence-corrected chi connectivity index (χ4v) is 2.97. The Balaban J connectivity index is 1.97. The highest BCUT2D eigenvalue weighted by Gasteiger charge is 2.13. The molecule has 1 amide bonds. The van der Waals surface area contributed by atoms with Crippen molar-refractivity contribution >= 4 is 33.6 Å². The molecule has 0 fully saturated rings. The highest BCUT2D eigenvalue weighted by Crippen LogP contribution is 2.10. The Kier molecular flexibility index (Phi) is 5.35. The topological polar surface area (TPSA) is 63.2 Å². The summed E-state index contributed by atoms with van der Waals surface area (Å²) in [5.74, 6) is -0.931. The minimum absolute atomic E-state index is 0.242. The summed E-state index contributed by atoms with van der Waals surface area (Å²) in [7, 11) is -3.72. The molecule has 22 heavy (non-hydrogen) atoms. The Morgan fingerprint density at radius 2 is 1.68 bits per heavy atom. The number of amides is 1. The Labute approximate surface area is 134 Å². The largest absolute Gasteiger partial charge is 0.269 e. The highest BCUT2D eigenvalue weighted by molar-refractivity contribution is 7.89. The van der Waals surface area contributed by atoms with Crippen molar-refractivity contribution in [1.29, 1.82) is 0 Å². The third-order valence-corrected chi connectivity index (χ3v) is 4.23. The molecule has 0 radical (unpaired) electrons. The smallest absolute Gasteiger partial charge is 0.257 e. The maximum atomic E-state index is 11.9. The quantitative estimate of drug-likeness (QED) is 0.854. The fraction of sp³-hybridized carbons (Fsp3) is 0.0625. The van der Waals surface area contributed by atoms with Crippen molar-refractivity contribution in [1.82, 2.24) is 4.72 Å². The Bertz CT molecular complexity index is 769. The van der Waals surface area contributed by atoms with Crippen LogP contribution in [0.4, 0.5) is 0 Å². The maximum absolute atomic E-state index is 11.9. The van der Waals surface area contributed by atoms with Crippen LogP contribution >= 0.6 is 11.6 Å². The second-order valence-corrected chi connectivity index (χ2v) is 6.75. The van der Waals surface area contributed by atoms with Gasteiger partial charge in [-0.2, -0.15) is 0 Å². The third-order valence-electron chi connectivity index (χ3n) is 2.75. The van der Waals surface area contributed by atoms with Crippen molar-refractivity contribution in [3.05, 3.63) is 76.8 Å². The number of halogens is 1. The van der Waals surface area contributed by atoms with Crippen LogP contribution in [0.5, 0.6) is 0 Å². The number of carbonyl (C=O) groups excluding carboxylic acids is 1. The molecule has 6 heteroatoms. The van der Waals surface area contributed by atoms with Gasteiger partial charge >= 0.3 is 0 Å². The van der Waals surface area contributed by atoms with Gasteiger partial charge < -0.3 is 0 Å². The minimum Gasteiger partial charge on any atom is -0.269 e. The molecule has 1 N–H and O–H groups in total. The van der Waals surface area contributed by atoms with Gasteiger partial charge in [0.05, 0.1) is 5.75 Å². The first-order valence-electron chi connectivity index (χ1n) is 6.47. The molecular weight excluding hydrogens is 322 g/mol. The Morgan fingerprint density at radius 3 is 2.32 bits per heavy atom. The molecule has 0 aliphatic rings. The van der Waals surface area contributed by atoms with E-state index in [0.717, 1.165) is 5.56 Å². The summed E-state index contributed by atoms with van der Waals surface area (Å²) in [6, 6.07) is 15.5. The van der Waals surface area contributed by atoms with Crippen LogP contribution in [0.25, 0.3) is 6.08 Å². The highest BCUT2D eigenvalue weighted by atomic mass is 35.5. The van der Waals surface area contributed by atoms with Crippen molar-refractivity contribution in [2.75, 3.05) is 0 Å². The molecule has 0 bridgehead atoms. The lowest BCUT2D eigenvalue weighted by atomic mass is 10.2. The summed E-state index contributed by atoms with van der Waals surface area (Å²) in [4.78, 5) is 11.7. The van der Waals surface area contributed by atoms with Crippen molar-refractivity contribution in [2.45, 2.75) is 5.75 Å². The van der Waals surface area contributed by atoms with Gasteiger partial charge in [-0.3, -0.25) is 4.79 Å². The lowest BCUT2D eigenvalue weighted by Crippen LogP contribution is -2.30. The van der Waals surface area contributed by atoms with Crippen LogP contribution in [0.3, 0.4) is 0 Å². The van der Waals surface area contributed by atoms with E-state index < -0.39 is 15.9 Å². The molecule has 2 rings (SSSR count). The SMILES string of the molecule is O=C(/C=C/c1ccc(Cl)cc1)NS(=O)(=O)Cc1ccccc1. The number of carbonyl (C=O) groups is 1. The molecule has 2 aromatic carbocycles. The van der Waals surface area contributed by atoms with E-state index in [-0.39, 0.29) is 5.75 Å². The van der Waals surface area contributed by atoms with E-state index in [1.54, 1.807) is 54.6 Å². The van der Waals surface area contributed by atoms with Crippen LogP contribution in [-0.4, -0.2) is 14.3 Å². The van der Waals surface area contributed by atoms with Crippen LogP contribution in [0.1, 0.15) is 11.1 Å². The molecule has 2 aromatic rings. The van der Waals surface area contributed by atoms with E-state index >= 15 is 0 Å². The van der Waals surface area contributed by atoms with E-state index in [1.165, 1.54) is 12.2 Å². The van der Waals surface area contributed by atoms with Crippen LogP contribution in [0, 0.1) is 0 Å². The first-order valence-corrected chi connectivity index (χ1v) is 8.50. The van der Waals surface area contributed by atoms with E-state index in [1.807, 2.05) is 4.72 Å². The second kappa shape index (κ2) is 7.24. The summed E-state index contributed by atoms with van der Waals surface area (Å²) < 4.78 is 25.8. The summed E-state index contributed by atoms with van der Waals surface area (Å²) in [5, 5.41) is 0.590. The van der Waals surface area contributed by atoms with E-state index in [2.05, 4.69) is 0 Å². The predicted molar refractivity (Wildman–Crippen MR) is 87.7 cm³/mol. The first-order chi connectivity index (χ1) is 10.4. The van der Waals surface area contributed by atoms with Crippen molar-refractivity contribution in [3.63, 3.8) is 0 Å². The normalized spacial score (nSPS) is 11.5. The zero-order chi connectivity index (χ0) is 16.0. The first kappa shape index (κ1) is 16.3. The minimum atomic E-state index is -3.72. The number of benzene rings is 2. The van der Waals surface area contributed by atoms with Gasteiger partial charge in [-0.05, 0) is 29.3 Å². The molecule has 0 aromatic heterocycles. The average molecular weight is 336 g/mol. The zero-order valence-electron chi connectivity index (χ0n) is 11.6. The average Bonchev–Trinajstić information content (AvgIpc) is 2.46. The molecule has 0 aliphatic carbocycles. The lowest BCUT2D eigenvalue weighted by Gasteiger charge is -2.04. The monoisotopic (exact) mass is 335 g/mol. The summed E-state index contributed by atoms with van der Waals surface area (Å²) in [6.07, 6.45) is 2.69. The van der Waals surface area contributed by atoms with Crippen molar-refractivity contribution in [3.8, 4) is 0 Å². The van der Waals surface area contributed by atoms with Gasteiger partial charge in [-0.25, -0.2) is 13.1 Å². The van der Waals surface area contributed by atoms with Crippen LogP contribution in [0.15, 0.2) is 60.7 Å². The number of rotatable bonds is 5. The van der Waals surface area contributed by atoms with Crippen LogP contribution < -0.4 is 4.72 Å². The van der Waals surface area contributed by atoms with Crippen LogP contribution in [-0.2, 0) is 20.6 Å². The van der Waals surface area contributed by atoms with E-state index in [0.29, 0.717) is 10.6 Å². The fourth-order valence-electron chi connectivity index (χ4n) is 1.76. The Morgan fingerprint density at radius 1 is 1.05 bits per heavy atom. The van der Waals surface area contributed by atoms with Crippen LogP contribution in [0.2, 0.25) is 5.02 Å². The lowest BCUT2D eigenvalue weighted by molar-refractivity contribution is -0.114. The van der Waals surface area contributed by atoms with Gasteiger partial charge in [0.25, 0.3) is 5.91 Å². The van der Waals surface area contributed by atoms with Gasteiger partial charge in [0, 0.05) is 11.1 Å². The molecule has 0 saturated heterocycles. The van der Waals surface area contributed by atoms with Gasteiger partial charge in [0.15, 0.2) is 0 Å².